The van der Waals surface area contributed by atoms with Gasteiger partial charge in [0.2, 0.25) is 0 Å². The van der Waals surface area contributed by atoms with E-state index < -0.39 is 19.5 Å². The van der Waals surface area contributed by atoms with Crippen molar-refractivity contribution in [3.63, 3.8) is 0 Å². The number of halogens is 1. The predicted molar refractivity (Wildman–Crippen MR) is 141 cm³/mol. The maximum absolute atomic E-state index is 14.4. The van der Waals surface area contributed by atoms with Crippen molar-refractivity contribution in [2.75, 3.05) is 50.1 Å². The number of nitrogens with one attached hydrogen (secondary N) is 2. The molecule has 2 aromatic heterocycles. The van der Waals surface area contributed by atoms with E-state index in [1.54, 1.807) is 24.5 Å². The molecule has 1 fully saturated rings. The number of aliphatic hydroxyl groups is 1. The first-order valence-corrected chi connectivity index (χ1v) is 14.7. The SMILES string of the molecule is Cc1cnc(OC2CN(C)CC2F)c(Nc2nccc(-c3cc(C#N)c4c(c3)[PH](C)(CO)CN4)n2)c1. The zero-order valence-electron chi connectivity index (χ0n) is 20.4. The molecule has 2 unspecified atom stereocenters. The number of likely N-dealkylation sites (tertiary alicyclic amines) is 1. The van der Waals surface area contributed by atoms with Crippen LogP contribution in [0.15, 0.2) is 36.7 Å². The van der Waals surface area contributed by atoms with Crippen molar-refractivity contribution in [2.24, 2.45) is 0 Å². The predicted octanol–water partition coefficient (Wildman–Crippen LogP) is 2.83. The molecule has 2 aliphatic heterocycles. The van der Waals surface area contributed by atoms with Crippen LogP contribution < -0.4 is 20.7 Å². The van der Waals surface area contributed by atoms with E-state index in [1.165, 1.54) is 0 Å². The first-order valence-electron chi connectivity index (χ1n) is 11.8. The first-order chi connectivity index (χ1) is 17.3. The number of benzene rings is 1. The number of likely N-dealkylation sites (N-methyl/N-ethyl adjacent to an activating group) is 1. The van der Waals surface area contributed by atoms with Gasteiger partial charge < -0.3 is 0 Å². The number of pyridine rings is 1. The molecule has 1 saturated heterocycles. The van der Waals surface area contributed by atoms with Crippen molar-refractivity contribution in [3.05, 3.63) is 47.8 Å². The number of hydrogen-bond acceptors (Lipinski definition) is 9. The van der Waals surface area contributed by atoms with Crippen molar-refractivity contribution < 1.29 is 14.2 Å². The number of nitriles is 1. The van der Waals surface area contributed by atoms with Gasteiger partial charge in [0.05, 0.1) is 0 Å². The quantitative estimate of drug-likeness (QED) is 0.431. The van der Waals surface area contributed by atoms with E-state index in [4.69, 9.17) is 4.74 Å². The normalized spacial score (nSPS) is 21.3. The van der Waals surface area contributed by atoms with Crippen LogP contribution in [0.1, 0.15) is 11.1 Å². The second-order valence-electron chi connectivity index (χ2n) is 9.78. The van der Waals surface area contributed by atoms with Crippen molar-refractivity contribution in [2.45, 2.75) is 19.2 Å². The van der Waals surface area contributed by atoms with E-state index in [-0.39, 0.29) is 12.2 Å². The minimum absolute atomic E-state index is 0.0948. The first kappa shape index (κ1) is 24.3. The Hall–Kier alpha value is -3.38. The second-order valence-corrected chi connectivity index (χ2v) is 14.1. The summed E-state index contributed by atoms with van der Waals surface area (Å²) in [7, 11) is -0.278. The Morgan fingerprint density at radius 1 is 1.33 bits per heavy atom. The standard InChI is InChI=1S/C25H29FN7O2P/c1-15-6-20(24(29-10-15)35-21-12-33(2)11-18(21)26)32-25-28-5-4-19(31-25)16-7-17(9-27)23-22(8-16)36(3,14-34)13-30-23/h4-8,10,18,21,30,34,36H,11-14H2,1-3H3,(H,28,31,32). The third-order valence-electron chi connectivity index (χ3n) is 6.74. The number of aromatic nitrogens is 3. The Balaban J connectivity index is 1.46. The van der Waals surface area contributed by atoms with E-state index in [0.29, 0.717) is 42.3 Å². The van der Waals surface area contributed by atoms with Crippen LogP contribution in [0.3, 0.4) is 0 Å². The topological polar surface area (TPSA) is 119 Å². The van der Waals surface area contributed by atoms with Gasteiger partial charge in [0, 0.05) is 6.54 Å². The van der Waals surface area contributed by atoms with Gasteiger partial charge in [-0.15, -0.1) is 0 Å². The minimum atomic E-state index is -2.13. The molecule has 5 rings (SSSR count). The van der Waals surface area contributed by atoms with Gasteiger partial charge in [0.15, 0.2) is 0 Å². The molecule has 2 aliphatic rings. The molecule has 11 heteroatoms. The summed E-state index contributed by atoms with van der Waals surface area (Å²) < 4.78 is 20.3. The van der Waals surface area contributed by atoms with Crippen LogP contribution in [0.5, 0.6) is 5.88 Å². The van der Waals surface area contributed by atoms with Gasteiger partial charge in [0.25, 0.3) is 0 Å². The molecule has 36 heavy (non-hydrogen) atoms. The average molecular weight is 510 g/mol. The zero-order valence-corrected chi connectivity index (χ0v) is 21.4. The van der Waals surface area contributed by atoms with Crippen LogP contribution in [0.4, 0.5) is 21.7 Å². The van der Waals surface area contributed by atoms with Gasteiger partial charge in [-0.1, -0.05) is 0 Å². The van der Waals surface area contributed by atoms with Crippen molar-refractivity contribution in [1.29, 1.82) is 5.26 Å². The Labute approximate surface area is 209 Å². The van der Waals surface area contributed by atoms with Gasteiger partial charge >= 0.3 is 187 Å². The van der Waals surface area contributed by atoms with E-state index in [0.717, 1.165) is 22.1 Å². The van der Waals surface area contributed by atoms with Crippen molar-refractivity contribution in [1.82, 2.24) is 19.9 Å². The van der Waals surface area contributed by atoms with Crippen LogP contribution >= 0.6 is 7.26 Å². The molecule has 0 spiro atoms. The van der Waals surface area contributed by atoms with Crippen LogP contribution in [0.2, 0.25) is 0 Å². The Bertz CT molecular complexity index is 1350. The van der Waals surface area contributed by atoms with Gasteiger partial charge in [-0.3, -0.25) is 4.90 Å². The van der Waals surface area contributed by atoms with E-state index in [2.05, 4.69) is 38.3 Å². The molecule has 188 valence electrons. The van der Waals surface area contributed by atoms with Crippen LogP contribution in [0.25, 0.3) is 11.3 Å². The molecule has 9 nitrogen and oxygen atoms in total. The third-order valence-corrected chi connectivity index (χ3v) is 10.1. The summed E-state index contributed by atoms with van der Waals surface area (Å²) in [5.41, 5.74) is 4.20. The number of alkyl halides is 1. The molecule has 0 aliphatic carbocycles. The number of ether oxygens (including phenoxy) is 1. The molecule has 4 heterocycles. The monoisotopic (exact) mass is 509 g/mol. The third kappa shape index (κ3) is 4.58. The number of anilines is 3. The van der Waals surface area contributed by atoms with Gasteiger partial charge in [-0.25, -0.2) is 4.39 Å². The number of nitrogens with zero attached hydrogens (tertiary/aromatic N) is 5. The molecule has 3 aromatic rings. The fourth-order valence-electron chi connectivity index (χ4n) is 4.67. The average Bonchev–Trinajstić information content (AvgIpc) is 3.38. The second kappa shape index (κ2) is 9.58. The van der Waals surface area contributed by atoms with Crippen LogP contribution in [0, 0.1) is 18.3 Å². The van der Waals surface area contributed by atoms with Crippen molar-refractivity contribution in [3.8, 4) is 23.2 Å². The molecule has 0 saturated carbocycles. The van der Waals surface area contributed by atoms with Crippen LogP contribution in [-0.2, 0) is 0 Å². The Morgan fingerprint density at radius 2 is 2.17 bits per heavy atom. The number of aryl methyl sites for hydroxylation is 1. The van der Waals surface area contributed by atoms with Gasteiger partial charge in [-0.05, 0) is 7.05 Å². The number of aliphatic hydroxyl groups excluding tert-OH is 1. The summed E-state index contributed by atoms with van der Waals surface area (Å²) >= 11 is 0. The molecule has 0 bridgehead atoms. The van der Waals surface area contributed by atoms with Gasteiger partial charge in [0.1, 0.15) is 0 Å². The zero-order chi connectivity index (χ0) is 25.4. The van der Waals surface area contributed by atoms with E-state index in [9.17, 15) is 14.8 Å². The Morgan fingerprint density at radius 3 is 2.89 bits per heavy atom. The summed E-state index contributed by atoms with van der Waals surface area (Å²) in [6, 6.07) is 9.73. The summed E-state index contributed by atoms with van der Waals surface area (Å²) in [5.74, 6) is 0.613. The van der Waals surface area contributed by atoms with Crippen molar-refractivity contribution >= 4 is 29.9 Å². The van der Waals surface area contributed by atoms with Gasteiger partial charge in [-0.2, -0.15) is 0 Å². The molecule has 3 N–H and O–H groups in total. The molecular weight excluding hydrogens is 480 g/mol. The Kier molecular flexibility index (Phi) is 6.47. The summed E-state index contributed by atoms with van der Waals surface area (Å²) in [6.07, 6.45) is 2.39. The number of fused-ring (bicyclic) bond motifs is 1. The fraction of sp³-hybridized carbons (Fsp3) is 0.360. The van der Waals surface area contributed by atoms with Crippen LogP contribution in [-0.4, -0.2) is 76.7 Å². The van der Waals surface area contributed by atoms with E-state index >= 15 is 0 Å². The fourth-order valence-corrected chi connectivity index (χ4v) is 7.04. The van der Waals surface area contributed by atoms with E-state index in [1.807, 2.05) is 31.0 Å². The maximum atomic E-state index is 14.4. The molecule has 0 amide bonds. The molecule has 1 aromatic carbocycles. The summed E-state index contributed by atoms with van der Waals surface area (Å²) in [5, 5.41) is 27.3. The number of rotatable bonds is 6. The molecular formula is C25H29FN7O2P. The number of hydrogen-bond donors (Lipinski definition) is 3. The summed E-state index contributed by atoms with van der Waals surface area (Å²) in [4.78, 5) is 15.3. The molecule has 0 radical (unpaired) electrons. The summed E-state index contributed by atoms with van der Waals surface area (Å²) in [6.45, 7) is 4.81. The molecule has 2 atom stereocenters.